The van der Waals surface area contributed by atoms with Gasteiger partial charge in [0.1, 0.15) is 0 Å². The van der Waals surface area contributed by atoms with Crippen molar-refractivity contribution < 1.29 is 9.59 Å². The molecule has 2 N–H and O–H groups in total. The lowest BCUT2D eigenvalue weighted by Crippen LogP contribution is -2.34. The molecule has 0 saturated heterocycles. The van der Waals surface area contributed by atoms with E-state index >= 15 is 0 Å². The van der Waals surface area contributed by atoms with Gasteiger partial charge in [-0.2, -0.15) is 0 Å². The van der Waals surface area contributed by atoms with Crippen molar-refractivity contribution in [3.63, 3.8) is 0 Å². The molecule has 52 valence electrons. The third kappa shape index (κ3) is 4.96. The van der Waals surface area contributed by atoms with Crippen LogP contribution in [0.3, 0.4) is 0 Å². The zero-order chi connectivity index (χ0) is 7.28. The van der Waals surface area contributed by atoms with E-state index in [0.29, 0.717) is 0 Å². The maximum atomic E-state index is 10.5. The Morgan fingerprint density at radius 2 is 2.00 bits per heavy atom. The average molecular weight is 130 g/mol. The average Bonchev–Trinajstić information content (AvgIpc) is 1.63. The Bertz CT molecular complexity index is 122. The lowest BCUT2D eigenvalue weighted by atomic mass is 10.5. The highest BCUT2D eigenvalue weighted by molar-refractivity contribution is 5.94. The molecule has 0 atom stereocenters. The topological polar surface area (TPSA) is 58.2 Å². The standard InChI is InChI=1S/C5H10N2O2/c1-4(8)7-5(9)3-6-2/h6H,3H2,1-2H3,(H,7,8,9). The summed E-state index contributed by atoms with van der Waals surface area (Å²) in [6.07, 6.45) is 0. The minimum Gasteiger partial charge on any atom is -0.311 e. The highest BCUT2D eigenvalue weighted by atomic mass is 16.2. The molecular weight excluding hydrogens is 120 g/mol. The number of hydrogen-bond acceptors (Lipinski definition) is 3. The Balaban J connectivity index is 3.39. The monoisotopic (exact) mass is 130 g/mol. The summed E-state index contributed by atoms with van der Waals surface area (Å²) in [5, 5.41) is 4.71. The van der Waals surface area contributed by atoms with Crippen LogP contribution in [0.5, 0.6) is 0 Å². The molecule has 4 nitrogen and oxygen atoms in total. The van der Waals surface area contributed by atoms with E-state index in [9.17, 15) is 9.59 Å². The third-order valence-corrected chi connectivity index (χ3v) is 0.653. The Labute approximate surface area is 53.6 Å². The first-order valence-corrected chi connectivity index (χ1v) is 2.62. The van der Waals surface area contributed by atoms with Crippen LogP contribution in [0.1, 0.15) is 6.92 Å². The predicted octanol–water partition coefficient (Wildman–Crippen LogP) is -1.13. The molecule has 0 bridgehead atoms. The van der Waals surface area contributed by atoms with Crippen molar-refractivity contribution >= 4 is 11.8 Å². The molecule has 0 fully saturated rings. The van der Waals surface area contributed by atoms with Gasteiger partial charge < -0.3 is 5.32 Å². The van der Waals surface area contributed by atoms with Gasteiger partial charge in [0.2, 0.25) is 11.8 Å². The molecule has 0 spiro atoms. The van der Waals surface area contributed by atoms with Crippen molar-refractivity contribution in [2.75, 3.05) is 13.6 Å². The first-order chi connectivity index (χ1) is 4.16. The number of hydrogen-bond donors (Lipinski definition) is 2. The van der Waals surface area contributed by atoms with E-state index in [0.717, 1.165) is 0 Å². The quantitative estimate of drug-likeness (QED) is 0.497. The maximum absolute atomic E-state index is 10.5. The second kappa shape index (κ2) is 4.03. The molecule has 0 saturated carbocycles. The van der Waals surface area contributed by atoms with Crippen molar-refractivity contribution in [2.45, 2.75) is 6.92 Å². The number of amides is 2. The van der Waals surface area contributed by atoms with Crippen molar-refractivity contribution in [3.05, 3.63) is 0 Å². The first-order valence-electron chi connectivity index (χ1n) is 2.62. The minimum absolute atomic E-state index is 0.180. The van der Waals surface area contributed by atoms with E-state index in [-0.39, 0.29) is 18.4 Å². The van der Waals surface area contributed by atoms with Crippen molar-refractivity contribution in [1.82, 2.24) is 10.6 Å². The van der Waals surface area contributed by atoms with E-state index in [2.05, 4.69) is 10.6 Å². The normalized spacial score (nSPS) is 8.67. The summed E-state index contributed by atoms with van der Waals surface area (Å²) in [4.78, 5) is 20.6. The maximum Gasteiger partial charge on any atom is 0.240 e. The molecular formula is C5H10N2O2. The van der Waals surface area contributed by atoms with Crippen LogP contribution in [0.2, 0.25) is 0 Å². The molecule has 0 aromatic carbocycles. The molecule has 4 heteroatoms. The van der Waals surface area contributed by atoms with Gasteiger partial charge in [-0.15, -0.1) is 0 Å². The van der Waals surface area contributed by atoms with Crippen LogP contribution in [-0.4, -0.2) is 25.4 Å². The Hall–Kier alpha value is -0.900. The van der Waals surface area contributed by atoms with E-state index in [1.165, 1.54) is 6.92 Å². The summed E-state index contributed by atoms with van der Waals surface area (Å²) < 4.78 is 0. The Morgan fingerprint density at radius 3 is 2.33 bits per heavy atom. The summed E-state index contributed by atoms with van der Waals surface area (Å²) in [6.45, 7) is 1.48. The fourth-order valence-corrected chi connectivity index (χ4v) is 0.401. The number of rotatable bonds is 2. The van der Waals surface area contributed by atoms with Gasteiger partial charge in [-0.3, -0.25) is 14.9 Å². The first kappa shape index (κ1) is 8.10. The highest BCUT2D eigenvalue weighted by Crippen LogP contribution is 1.62. The Kier molecular flexibility index (Phi) is 3.62. The summed E-state index contributed by atoms with van der Waals surface area (Å²) in [6, 6.07) is 0. The second-order valence-electron chi connectivity index (χ2n) is 1.63. The van der Waals surface area contributed by atoms with Crippen LogP contribution in [0.15, 0.2) is 0 Å². The smallest absolute Gasteiger partial charge is 0.240 e. The zero-order valence-corrected chi connectivity index (χ0v) is 5.52. The number of likely N-dealkylation sites (N-methyl/N-ethyl adjacent to an activating group) is 1. The van der Waals surface area contributed by atoms with Gasteiger partial charge in [0.05, 0.1) is 6.54 Å². The van der Waals surface area contributed by atoms with Crippen LogP contribution in [0, 0.1) is 0 Å². The zero-order valence-electron chi connectivity index (χ0n) is 5.52. The molecule has 0 aliphatic heterocycles. The largest absolute Gasteiger partial charge is 0.311 e. The van der Waals surface area contributed by atoms with Crippen LogP contribution in [-0.2, 0) is 9.59 Å². The molecule has 0 aromatic heterocycles. The molecule has 0 radical (unpaired) electrons. The van der Waals surface area contributed by atoms with Gasteiger partial charge in [0, 0.05) is 6.92 Å². The predicted molar refractivity (Wildman–Crippen MR) is 32.8 cm³/mol. The highest BCUT2D eigenvalue weighted by Gasteiger charge is 1.98. The second-order valence-corrected chi connectivity index (χ2v) is 1.63. The van der Waals surface area contributed by atoms with E-state index in [1.807, 2.05) is 0 Å². The fourth-order valence-electron chi connectivity index (χ4n) is 0.401. The van der Waals surface area contributed by atoms with E-state index in [4.69, 9.17) is 0 Å². The number of carbonyl (C=O) groups excluding carboxylic acids is 2. The van der Waals surface area contributed by atoms with Gasteiger partial charge >= 0.3 is 0 Å². The van der Waals surface area contributed by atoms with Crippen LogP contribution < -0.4 is 10.6 Å². The van der Waals surface area contributed by atoms with Gasteiger partial charge in [0.15, 0.2) is 0 Å². The number of nitrogens with one attached hydrogen (secondary N) is 2. The van der Waals surface area contributed by atoms with Gasteiger partial charge in [-0.05, 0) is 7.05 Å². The van der Waals surface area contributed by atoms with Crippen molar-refractivity contribution in [1.29, 1.82) is 0 Å². The van der Waals surface area contributed by atoms with Crippen molar-refractivity contribution in [2.24, 2.45) is 0 Å². The minimum atomic E-state index is -0.324. The summed E-state index contributed by atoms with van der Waals surface area (Å²) in [5.41, 5.74) is 0. The van der Waals surface area contributed by atoms with Gasteiger partial charge in [0.25, 0.3) is 0 Å². The molecule has 0 aliphatic carbocycles. The fraction of sp³-hybridized carbons (Fsp3) is 0.600. The van der Waals surface area contributed by atoms with Gasteiger partial charge in [-0.25, -0.2) is 0 Å². The SMILES string of the molecule is CNCC(=O)NC(C)=O. The molecule has 0 rings (SSSR count). The van der Waals surface area contributed by atoms with E-state index in [1.54, 1.807) is 7.05 Å². The lowest BCUT2D eigenvalue weighted by Gasteiger charge is -1.96. The summed E-state index contributed by atoms with van der Waals surface area (Å²) in [5.74, 6) is -0.625. The number of carbonyl (C=O) groups is 2. The van der Waals surface area contributed by atoms with Crippen LogP contribution in [0.25, 0.3) is 0 Å². The van der Waals surface area contributed by atoms with Gasteiger partial charge in [-0.1, -0.05) is 0 Å². The van der Waals surface area contributed by atoms with Crippen molar-refractivity contribution in [3.8, 4) is 0 Å². The lowest BCUT2D eigenvalue weighted by molar-refractivity contribution is -0.128. The summed E-state index contributed by atoms with van der Waals surface area (Å²) >= 11 is 0. The molecule has 9 heavy (non-hydrogen) atoms. The molecule has 0 heterocycles. The summed E-state index contributed by atoms with van der Waals surface area (Å²) in [7, 11) is 1.64. The molecule has 0 aliphatic rings. The molecule has 0 aromatic rings. The molecule has 2 amide bonds. The number of imide groups is 1. The molecule has 0 unspecified atom stereocenters. The van der Waals surface area contributed by atoms with Crippen LogP contribution >= 0.6 is 0 Å². The Morgan fingerprint density at radius 1 is 1.44 bits per heavy atom. The van der Waals surface area contributed by atoms with Crippen LogP contribution in [0.4, 0.5) is 0 Å². The third-order valence-electron chi connectivity index (χ3n) is 0.653. The van der Waals surface area contributed by atoms with E-state index < -0.39 is 0 Å².